The van der Waals surface area contributed by atoms with Gasteiger partial charge < -0.3 is 9.80 Å². The Hall–Kier alpha value is -1.56. The second-order valence-electron chi connectivity index (χ2n) is 6.74. The lowest BCUT2D eigenvalue weighted by atomic mass is 10.1. The molecular formula is C17H26N2O3S. The average molecular weight is 338 g/mol. The molecule has 6 heteroatoms. The molecule has 1 unspecified atom stereocenters. The third kappa shape index (κ3) is 4.47. The number of carbonyl (C=O) groups excluding carboxylic acids is 1. The van der Waals surface area contributed by atoms with Crippen LogP contribution in [0.5, 0.6) is 0 Å². The van der Waals surface area contributed by atoms with Crippen molar-refractivity contribution in [2.24, 2.45) is 5.92 Å². The van der Waals surface area contributed by atoms with Gasteiger partial charge in [-0.15, -0.1) is 0 Å². The Morgan fingerprint density at radius 3 is 2.26 bits per heavy atom. The highest BCUT2D eigenvalue weighted by atomic mass is 32.2. The number of benzene rings is 1. The van der Waals surface area contributed by atoms with Crippen molar-refractivity contribution in [3.8, 4) is 0 Å². The molecule has 0 aliphatic carbocycles. The van der Waals surface area contributed by atoms with Crippen LogP contribution in [0.3, 0.4) is 0 Å². The number of sulfone groups is 1. The van der Waals surface area contributed by atoms with Gasteiger partial charge in [-0.25, -0.2) is 8.42 Å². The Kier molecular flexibility index (Phi) is 5.34. The molecular weight excluding hydrogens is 312 g/mol. The first kappa shape index (κ1) is 17.8. The second-order valence-corrected chi connectivity index (χ2v) is 8.97. The number of hydrogen-bond donors (Lipinski definition) is 0. The molecule has 1 fully saturated rings. The zero-order valence-electron chi connectivity index (χ0n) is 14.3. The Bertz CT molecular complexity index is 651. The van der Waals surface area contributed by atoms with Gasteiger partial charge in [0.15, 0.2) is 9.84 Å². The molecule has 23 heavy (non-hydrogen) atoms. The van der Waals surface area contributed by atoms with Gasteiger partial charge in [0.25, 0.3) is 0 Å². The van der Waals surface area contributed by atoms with Crippen LogP contribution in [0.2, 0.25) is 0 Å². The van der Waals surface area contributed by atoms with Gasteiger partial charge in [-0.1, -0.05) is 26.0 Å². The lowest BCUT2D eigenvalue weighted by molar-refractivity contribution is -0.137. The fraction of sp³-hybridized carbons (Fsp3) is 0.588. The zero-order chi connectivity index (χ0) is 17.2. The minimum Gasteiger partial charge on any atom is -0.378 e. The van der Waals surface area contributed by atoms with Crippen molar-refractivity contribution in [2.75, 3.05) is 30.5 Å². The summed E-state index contributed by atoms with van der Waals surface area (Å²) in [6, 6.07) is 7.82. The van der Waals surface area contributed by atoms with Crippen molar-refractivity contribution in [1.29, 1.82) is 0 Å². The average Bonchev–Trinajstić information content (AvgIpc) is 2.84. The maximum atomic E-state index is 12.5. The van der Waals surface area contributed by atoms with Crippen LogP contribution in [0.1, 0.15) is 25.8 Å². The summed E-state index contributed by atoms with van der Waals surface area (Å²) < 4.78 is 23.5. The van der Waals surface area contributed by atoms with Crippen molar-refractivity contribution < 1.29 is 13.2 Å². The van der Waals surface area contributed by atoms with Crippen LogP contribution in [0, 0.1) is 5.92 Å². The van der Waals surface area contributed by atoms with Gasteiger partial charge in [-0.05, 0) is 24.1 Å². The molecule has 0 spiro atoms. The minimum absolute atomic E-state index is 0.0174. The van der Waals surface area contributed by atoms with Gasteiger partial charge in [-0.2, -0.15) is 0 Å². The quantitative estimate of drug-likeness (QED) is 0.823. The highest BCUT2D eigenvalue weighted by Gasteiger charge is 2.35. The Labute approximate surface area is 139 Å². The summed E-state index contributed by atoms with van der Waals surface area (Å²) in [5.41, 5.74) is 2.12. The van der Waals surface area contributed by atoms with Crippen LogP contribution in [-0.2, 0) is 21.2 Å². The molecule has 0 bridgehead atoms. The largest absolute Gasteiger partial charge is 0.378 e. The first-order chi connectivity index (χ1) is 10.7. The molecule has 1 aromatic rings. The normalized spacial score (nSPS) is 19.8. The summed E-state index contributed by atoms with van der Waals surface area (Å²) in [5, 5.41) is 0. The van der Waals surface area contributed by atoms with Crippen LogP contribution in [-0.4, -0.2) is 50.9 Å². The van der Waals surface area contributed by atoms with Crippen LogP contribution in [0.25, 0.3) is 0 Å². The molecule has 1 aliphatic heterocycles. The number of amides is 1. The summed E-state index contributed by atoms with van der Waals surface area (Å²) in [5.74, 6) is 0.142. The highest BCUT2D eigenvalue weighted by molar-refractivity contribution is 7.91. The lowest BCUT2D eigenvalue weighted by Crippen LogP contribution is -2.42. The topological polar surface area (TPSA) is 57.7 Å². The van der Waals surface area contributed by atoms with E-state index in [1.165, 1.54) is 0 Å². The van der Waals surface area contributed by atoms with Gasteiger partial charge in [0, 0.05) is 38.3 Å². The standard InChI is InChI=1S/C17H26N2O3S/c1-13(2)17(20)19(16-9-10-23(21,22)12-16)11-14-5-7-15(8-6-14)18(3)4/h5-8,13,16H,9-12H2,1-4H3. The van der Waals surface area contributed by atoms with Gasteiger partial charge in [0.1, 0.15) is 0 Å². The van der Waals surface area contributed by atoms with Gasteiger partial charge in [-0.3, -0.25) is 4.79 Å². The maximum Gasteiger partial charge on any atom is 0.225 e. The van der Waals surface area contributed by atoms with Crippen molar-refractivity contribution in [3.63, 3.8) is 0 Å². The van der Waals surface area contributed by atoms with Gasteiger partial charge in [0.05, 0.1) is 11.5 Å². The molecule has 5 nitrogen and oxygen atoms in total. The van der Waals surface area contributed by atoms with E-state index in [9.17, 15) is 13.2 Å². The number of nitrogens with zero attached hydrogens (tertiary/aromatic N) is 2. The van der Waals surface area contributed by atoms with E-state index in [1.807, 2.05) is 57.1 Å². The van der Waals surface area contributed by atoms with E-state index in [0.29, 0.717) is 13.0 Å². The van der Waals surface area contributed by atoms with Crippen molar-refractivity contribution in [2.45, 2.75) is 32.9 Å². The number of rotatable bonds is 5. The number of carbonyl (C=O) groups is 1. The van der Waals surface area contributed by atoms with E-state index in [-0.39, 0.29) is 29.4 Å². The van der Waals surface area contributed by atoms with Crippen LogP contribution < -0.4 is 4.90 Å². The smallest absolute Gasteiger partial charge is 0.225 e. The van der Waals surface area contributed by atoms with E-state index in [2.05, 4.69) is 0 Å². The third-order valence-corrected chi connectivity index (χ3v) is 5.98. The number of anilines is 1. The summed E-state index contributed by atoms with van der Waals surface area (Å²) in [6.45, 7) is 4.17. The van der Waals surface area contributed by atoms with E-state index in [4.69, 9.17) is 0 Å². The Morgan fingerprint density at radius 1 is 1.22 bits per heavy atom. The first-order valence-electron chi connectivity index (χ1n) is 7.97. The molecule has 0 saturated carbocycles. The molecule has 1 heterocycles. The van der Waals surface area contributed by atoms with Crippen LogP contribution >= 0.6 is 0 Å². The molecule has 0 radical (unpaired) electrons. The first-order valence-corrected chi connectivity index (χ1v) is 9.79. The molecule has 1 amide bonds. The summed E-state index contributed by atoms with van der Waals surface area (Å²) in [7, 11) is 0.948. The zero-order valence-corrected chi connectivity index (χ0v) is 15.1. The molecule has 1 aromatic carbocycles. The Balaban J connectivity index is 2.19. The van der Waals surface area contributed by atoms with Crippen LogP contribution in [0.15, 0.2) is 24.3 Å². The summed E-state index contributed by atoms with van der Waals surface area (Å²) in [4.78, 5) is 16.3. The molecule has 1 saturated heterocycles. The van der Waals surface area contributed by atoms with E-state index in [1.54, 1.807) is 4.90 Å². The van der Waals surface area contributed by atoms with E-state index >= 15 is 0 Å². The summed E-state index contributed by atoms with van der Waals surface area (Å²) >= 11 is 0. The molecule has 1 aliphatic rings. The predicted octanol–water partition coefficient (Wildman–Crippen LogP) is 1.92. The Morgan fingerprint density at radius 2 is 1.83 bits per heavy atom. The minimum atomic E-state index is -3.01. The molecule has 1 atom stereocenters. The van der Waals surface area contributed by atoms with Gasteiger partial charge >= 0.3 is 0 Å². The maximum absolute atomic E-state index is 12.5. The van der Waals surface area contributed by atoms with Crippen molar-refractivity contribution in [3.05, 3.63) is 29.8 Å². The predicted molar refractivity (Wildman–Crippen MR) is 93.2 cm³/mol. The molecule has 128 valence electrons. The lowest BCUT2D eigenvalue weighted by Gasteiger charge is -2.30. The fourth-order valence-corrected chi connectivity index (χ4v) is 4.57. The molecule has 0 aromatic heterocycles. The fourth-order valence-electron chi connectivity index (χ4n) is 2.84. The summed E-state index contributed by atoms with van der Waals surface area (Å²) in [6.07, 6.45) is 0.538. The van der Waals surface area contributed by atoms with Crippen LogP contribution in [0.4, 0.5) is 5.69 Å². The third-order valence-electron chi connectivity index (χ3n) is 4.23. The van der Waals surface area contributed by atoms with Crippen molar-refractivity contribution in [1.82, 2.24) is 4.90 Å². The molecule has 2 rings (SSSR count). The highest BCUT2D eigenvalue weighted by Crippen LogP contribution is 2.23. The number of hydrogen-bond acceptors (Lipinski definition) is 4. The van der Waals surface area contributed by atoms with Gasteiger partial charge in [0.2, 0.25) is 5.91 Å². The van der Waals surface area contributed by atoms with E-state index in [0.717, 1.165) is 11.3 Å². The molecule has 0 N–H and O–H groups in total. The van der Waals surface area contributed by atoms with Crippen molar-refractivity contribution >= 4 is 21.4 Å². The van der Waals surface area contributed by atoms with E-state index < -0.39 is 9.84 Å². The SMILES string of the molecule is CC(C)C(=O)N(Cc1ccc(N(C)C)cc1)C1CCS(=O)(=O)C1. The monoisotopic (exact) mass is 338 g/mol. The second kappa shape index (κ2) is 6.91.